The molecule has 0 saturated heterocycles. The number of carbonyl (C=O) groups is 1. The van der Waals surface area contributed by atoms with E-state index in [1.807, 2.05) is 18.2 Å². The maximum atomic E-state index is 11.4. The summed E-state index contributed by atoms with van der Waals surface area (Å²) < 4.78 is 10.1. The molecule has 1 N–H and O–H groups in total. The number of esters is 1. The topological polar surface area (TPSA) is 51.5 Å². The fourth-order valence-corrected chi connectivity index (χ4v) is 2.16. The average Bonchev–Trinajstić information content (AvgIpc) is 2.92. The monoisotopic (exact) mass is 287 g/mol. The Morgan fingerprint density at radius 2 is 1.90 bits per heavy atom. The first-order valence-electron chi connectivity index (χ1n) is 6.92. The molecule has 0 saturated carbocycles. The summed E-state index contributed by atoms with van der Waals surface area (Å²) in [5.41, 5.74) is 2.37. The Bertz CT molecular complexity index is 623. The van der Waals surface area contributed by atoms with Gasteiger partial charge in [0.15, 0.2) is 0 Å². The minimum atomic E-state index is -0.462. The standard InChI is InChI=1S/C17H21NO3/c1-17(2,3)13-7-5-6-8-14(13)18-11-12-9-10-15(21-12)16(19)20-4/h5-10,18H,11H2,1-4H3. The van der Waals surface area contributed by atoms with E-state index in [-0.39, 0.29) is 11.2 Å². The molecule has 2 aromatic rings. The highest BCUT2D eigenvalue weighted by Gasteiger charge is 2.17. The van der Waals surface area contributed by atoms with Crippen molar-refractivity contribution in [2.45, 2.75) is 32.7 Å². The van der Waals surface area contributed by atoms with Gasteiger partial charge in [0.25, 0.3) is 0 Å². The van der Waals surface area contributed by atoms with Crippen LogP contribution in [0.4, 0.5) is 5.69 Å². The number of hydrogen-bond acceptors (Lipinski definition) is 4. The van der Waals surface area contributed by atoms with E-state index in [0.717, 1.165) is 5.69 Å². The average molecular weight is 287 g/mol. The number of anilines is 1. The summed E-state index contributed by atoms with van der Waals surface area (Å²) in [6.45, 7) is 7.05. The summed E-state index contributed by atoms with van der Waals surface area (Å²) in [6.07, 6.45) is 0. The van der Waals surface area contributed by atoms with Crippen LogP contribution in [0.3, 0.4) is 0 Å². The fraction of sp³-hybridized carbons (Fsp3) is 0.353. The summed E-state index contributed by atoms with van der Waals surface area (Å²) in [5, 5.41) is 3.36. The molecule has 0 fully saturated rings. The fourth-order valence-electron chi connectivity index (χ4n) is 2.16. The van der Waals surface area contributed by atoms with Gasteiger partial charge >= 0.3 is 5.97 Å². The Morgan fingerprint density at radius 3 is 2.57 bits per heavy atom. The first-order valence-corrected chi connectivity index (χ1v) is 6.92. The van der Waals surface area contributed by atoms with E-state index in [1.165, 1.54) is 12.7 Å². The lowest BCUT2D eigenvalue weighted by atomic mass is 9.86. The van der Waals surface area contributed by atoms with Gasteiger partial charge < -0.3 is 14.5 Å². The van der Waals surface area contributed by atoms with Crippen molar-refractivity contribution in [2.75, 3.05) is 12.4 Å². The highest BCUT2D eigenvalue weighted by molar-refractivity contribution is 5.86. The molecule has 0 bridgehead atoms. The number of benzene rings is 1. The van der Waals surface area contributed by atoms with Crippen LogP contribution in [0.5, 0.6) is 0 Å². The van der Waals surface area contributed by atoms with E-state index in [0.29, 0.717) is 12.3 Å². The molecule has 0 amide bonds. The zero-order valence-corrected chi connectivity index (χ0v) is 12.9. The molecule has 112 valence electrons. The molecule has 0 aliphatic heterocycles. The third-order valence-electron chi connectivity index (χ3n) is 3.24. The van der Waals surface area contributed by atoms with Gasteiger partial charge in [-0.15, -0.1) is 0 Å². The van der Waals surface area contributed by atoms with Gasteiger partial charge in [0.1, 0.15) is 5.76 Å². The van der Waals surface area contributed by atoms with Gasteiger partial charge in [0.05, 0.1) is 13.7 Å². The molecule has 4 nitrogen and oxygen atoms in total. The Morgan fingerprint density at radius 1 is 1.19 bits per heavy atom. The molecule has 1 heterocycles. The van der Waals surface area contributed by atoms with E-state index < -0.39 is 5.97 Å². The number of furan rings is 1. The van der Waals surface area contributed by atoms with Gasteiger partial charge in [-0.25, -0.2) is 4.79 Å². The van der Waals surface area contributed by atoms with Crippen molar-refractivity contribution in [3.8, 4) is 0 Å². The highest BCUT2D eigenvalue weighted by atomic mass is 16.5. The molecule has 0 aliphatic rings. The predicted molar refractivity (Wildman–Crippen MR) is 82.5 cm³/mol. The summed E-state index contributed by atoms with van der Waals surface area (Å²) in [7, 11) is 1.34. The Labute approximate surface area is 125 Å². The van der Waals surface area contributed by atoms with Gasteiger partial charge in [-0.1, -0.05) is 39.0 Å². The molecular weight excluding hydrogens is 266 g/mol. The molecule has 2 rings (SSSR count). The van der Waals surface area contributed by atoms with Crippen molar-refractivity contribution in [2.24, 2.45) is 0 Å². The van der Waals surface area contributed by atoms with Crippen LogP contribution in [0.25, 0.3) is 0 Å². The number of ether oxygens (including phenoxy) is 1. The third-order valence-corrected chi connectivity index (χ3v) is 3.24. The molecule has 1 aromatic carbocycles. The van der Waals surface area contributed by atoms with Crippen molar-refractivity contribution in [1.29, 1.82) is 0 Å². The van der Waals surface area contributed by atoms with Gasteiger partial charge in [0, 0.05) is 5.69 Å². The minimum absolute atomic E-state index is 0.0595. The van der Waals surface area contributed by atoms with Gasteiger partial charge in [-0.05, 0) is 29.2 Å². The number of methoxy groups -OCH3 is 1. The van der Waals surface area contributed by atoms with Crippen molar-refractivity contribution in [3.05, 3.63) is 53.5 Å². The smallest absolute Gasteiger partial charge is 0.373 e. The molecular formula is C17H21NO3. The second kappa shape index (κ2) is 6.04. The Balaban J connectivity index is 2.10. The van der Waals surface area contributed by atoms with E-state index in [4.69, 9.17) is 4.42 Å². The van der Waals surface area contributed by atoms with Gasteiger partial charge in [0.2, 0.25) is 5.76 Å². The van der Waals surface area contributed by atoms with Gasteiger partial charge in [-0.3, -0.25) is 0 Å². The maximum absolute atomic E-state index is 11.4. The molecule has 0 aliphatic carbocycles. The normalized spacial score (nSPS) is 11.2. The summed E-state index contributed by atoms with van der Waals surface area (Å²) >= 11 is 0. The Kier molecular flexibility index (Phi) is 4.36. The van der Waals surface area contributed by atoms with Crippen LogP contribution in [-0.2, 0) is 16.7 Å². The lowest BCUT2D eigenvalue weighted by molar-refractivity contribution is 0.0563. The Hall–Kier alpha value is -2.23. The van der Waals surface area contributed by atoms with E-state index in [9.17, 15) is 4.79 Å². The second-order valence-electron chi connectivity index (χ2n) is 5.91. The van der Waals surface area contributed by atoms with Crippen LogP contribution in [0, 0.1) is 0 Å². The van der Waals surface area contributed by atoms with Crippen LogP contribution in [0.1, 0.15) is 42.6 Å². The predicted octanol–water partition coefficient (Wildman–Crippen LogP) is 3.98. The van der Waals surface area contributed by atoms with Crippen molar-refractivity contribution < 1.29 is 13.9 Å². The molecule has 0 unspecified atom stereocenters. The molecule has 0 spiro atoms. The quantitative estimate of drug-likeness (QED) is 0.864. The van der Waals surface area contributed by atoms with E-state index in [2.05, 4.69) is 36.9 Å². The van der Waals surface area contributed by atoms with E-state index >= 15 is 0 Å². The first kappa shape index (κ1) is 15.2. The van der Waals surface area contributed by atoms with Gasteiger partial charge in [-0.2, -0.15) is 0 Å². The van der Waals surface area contributed by atoms with Crippen molar-refractivity contribution in [3.63, 3.8) is 0 Å². The highest BCUT2D eigenvalue weighted by Crippen LogP contribution is 2.29. The third kappa shape index (κ3) is 3.66. The lowest BCUT2D eigenvalue weighted by Crippen LogP contribution is -2.14. The summed E-state index contributed by atoms with van der Waals surface area (Å²) in [4.78, 5) is 11.4. The van der Waals surface area contributed by atoms with Crippen LogP contribution in [0.15, 0.2) is 40.8 Å². The SMILES string of the molecule is COC(=O)c1ccc(CNc2ccccc2C(C)(C)C)o1. The summed E-state index contributed by atoms with van der Waals surface area (Å²) in [5.74, 6) is 0.453. The maximum Gasteiger partial charge on any atom is 0.373 e. The molecule has 21 heavy (non-hydrogen) atoms. The molecule has 4 heteroatoms. The number of hydrogen-bond donors (Lipinski definition) is 1. The molecule has 1 aromatic heterocycles. The number of para-hydroxylation sites is 1. The van der Waals surface area contributed by atoms with Crippen LogP contribution in [0.2, 0.25) is 0 Å². The van der Waals surface area contributed by atoms with Crippen LogP contribution < -0.4 is 5.32 Å². The number of carbonyl (C=O) groups excluding carboxylic acids is 1. The number of rotatable bonds is 4. The number of nitrogens with one attached hydrogen (secondary N) is 1. The van der Waals surface area contributed by atoms with E-state index in [1.54, 1.807) is 12.1 Å². The zero-order chi connectivity index (χ0) is 15.5. The van der Waals surface area contributed by atoms with Crippen LogP contribution >= 0.6 is 0 Å². The lowest BCUT2D eigenvalue weighted by Gasteiger charge is -2.23. The molecule has 0 atom stereocenters. The largest absolute Gasteiger partial charge is 0.463 e. The molecule has 0 radical (unpaired) electrons. The van der Waals surface area contributed by atoms with Crippen molar-refractivity contribution >= 4 is 11.7 Å². The minimum Gasteiger partial charge on any atom is -0.463 e. The zero-order valence-electron chi connectivity index (χ0n) is 12.9. The van der Waals surface area contributed by atoms with Crippen molar-refractivity contribution in [1.82, 2.24) is 0 Å². The summed E-state index contributed by atoms with van der Waals surface area (Å²) in [6, 6.07) is 11.6. The second-order valence-corrected chi connectivity index (χ2v) is 5.91. The van der Waals surface area contributed by atoms with Crippen LogP contribution in [-0.4, -0.2) is 13.1 Å². The first-order chi connectivity index (χ1) is 9.91.